The molecule has 0 spiro atoms. The minimum Gasteiger partial charge on any atom is -0.376 e. The van der Waals surface area contributed by atoms with E-state index in [0.717, 1.165) is 35.6 Å². The fourth-order valence-electron chi connectivity index (χ4n) is 4.42. The lowest BCUT2D eigenvalue weighted by molar-refractivity contribution is 0.0950. The monoisotopic (exact) mass is 385 g/mol. The summed E-state index contributed by atoms with van der Waals surface area (Å²) in [7, 11) is 0. The van der Waals surface area contributed by atoms with Crippen LogP contribution in [0.1, 0.15) is 45.8 Å². The molecule has 146 valence electrons. The van der Waals surface area contributed by atoms with Gasteiger partial charge in [0.25, 0.3) is 5.91 Å². The van der Waals surface area contributed by atoms with Crippen LogP contribution in [-0.2, 0) is 6.54 Å². The van der Waals surface area contributed by atoms with Crippen molar-refractivity contribution in [2.45, 2.75) is 25.0 Å². The molecule has 6 nitrogen and oxygen atoms in total. The maximum Gasteiger partial charge on any atom is 0.251 e. The van der Waals surface area contributed by atoms with E-state index in [0.29, 0.717) is 18.0 Å². The van der Waals surface area contributed by atoms with Crippen LogP contribution >= 0.6 is 0 Å². The number of fused-ring (bicyclic) bond motifs is 3. The highest BCUT2D eigenvalue weighted by molar-refractivity contribution is 5.95. The third kappa shape index (κ3) is 3.47. The quantitative estimate of drug-likeness (QED) is 0.643. The van der Waals surface area contributed by atoms with Crippen molar-refractivity contribution in [3.05, 3.63) is 89.5 Å². The second kappa shape index (κ2) is 7.64. The summed E-state index contributed by atoms with van der Waals surface area (Å²) < 4.78 is 0. The molecule has 3 N–H and O–H groups in total. The largest absolute Gasteiger partial charge is 0.376 e. The molecule has 1 aromatic carbocycles. The number of hydrogen-bond donors (Lipinski definition) is 3. The lowest BCUT2D eigenvalue weighted by Gasteiger charge is -2.36. The van der Waals surface area contributed by atoms with E-state index in [4.69, 9.17) is 0 Å². The number of carbonyl (C=O) groups excluding carboxylic acids is 1. The minimum atomic E-state index is -0.0835. The van der Waals surface area contributed by atoms with Crippen molar-refractivity contribution in [1.29, 1.82) is 0 Å². The van der Waals surface area contributed by atoms with Gasteiger partial charge in [0.1, 0.15) is 0 Å². The number of hydrogen-bond acceptors (Lipinski definition) is 5. The molecule has 4 heterocycles. The van der Waals surface area contributed by atoms with Gasteiger partial charge in [-0.25, -0.2) is 0 Å². The number of pyridine rings is 2. The number of anilines is 1. The Morgan fingerprint density at radius 1 is 1.03 bits per heavy atom. The van der Waals surface area contributed by atoms with Crippen LogP contribution < -0.4 is 16.0 Å². The van der Waals surface area contributed by atoms with E-state index in [1.807, 2.05) is 54.7 Å². The molecule has 3 atom stereocenters. The lowest BCUT2D eigenvalue weighted by Crippen LogP contribution is -2.33. The Bertz CT molecular complexity index is 1010. The molecule has 0 saturated carbocycles. The molecule has 0 aliphatic carbocycles. The summed E-state index contributed by atoms with van der Waals surface area (Å²) in [6.45, 7) is 1.39. The van der Waals surface area contributed by atoms with E-state index in [2.05, 4.69) is 32.0 Å². The molecule has 2 aliphatic heterocycles. The van der Waals surface area contributed by atoms with Gasteiger partial charge < -0.3 is 16.0 Å². The van der Waals surface area contributed by atoms with Gasteiger partial charge in [-0.3, -0.25) is 14.8 Å². The molecule has 5 rings (SSSR count). The van der Waals surface area contributed by atoms with Gasteiger partial charge in [0, 0.05) is 35.6 Å². The Morgan fingerprint density at radius 2 is 1.90 bits per heavy atom. The predicted molar refractivity (Wildman–Crippen MR) is 111 cm³/mol. The zero-order valence-electron chi connectivity index (χ0n) is 16.0. The van der Waals surface area contributed by atoms with Crippen LogP contribution in [0, 0.1) is 5.92 Å². The zero-order valence-corrected chi connectivity index (χ0v) is 16.0. The number of aromatic nitrogens is 2. The summed E-state index contributed by atoms with van der Waals surface area (Å²) in [6, 6.07) is 18.1. The van der Waals surface area contributed by atoms with Crippen molar-refractivity contribution >= 4 is 11.6 Å². The van der Waals surface area contributed by atoms with Gasteiger partial charge in [0.2, 0.25) is 0 Å². The van der Waals surface area contributed by atoms with Crippen molar-refractivity contribution in [2.75, 3.05) is 11.9 Å². The molecule has 1 fully saturated rings. The van der Waals surface area contributed by atoms with E-state index >= 15 is 0 Å². The van der Waals surface area contributed by atoms with Crippen LogP contribution in [-0.4, -0.2) is 22.4 Å². The number of amides is 1. The number of benzene rings is 1. The van der Waals surface area contributed by atoms with Gasteiger partial charge >= 0.3 is 0 Å². The third-order valence-corrected chi connectivity index (χ3v) is 5.82. The average Bonchev–Trinajstić information content (AvgIpc) is 3.28. The Kier molecular flexibility index (Phi) is 4.69. The van der Waals surface area contributed by atoms with Crippen LogP contribution in [0.15, 0.2) is 67.0 Å². The molecule has 1 unspecified atom stereocenters. The Morgan fingerprint density at radius 3 is 2.69 bits per heavy atom. The number of nitrogens with one attached hydrogen (secondary N) is 3. The average molecular weight is 385 g/mol. The molecule has 2 aliphatic rings. The first kappa shape index (κ1) is 17.8. The van der Waals surface area contributed by atoms with Crippen molar-refractivity contribution in [3.63, 3.8) is 0 Å². The van der Waals surface area contributed by atoms with Crippen molar-refractivity contribution in [1.82, 2.24) is 20.6 Å². The molecular formula is C23H23N5O. The summed E-state index contributed by atoms with van der Waals surface area (Å²) in [5.41, 5.74) is 4.80. The van der Waals surface area contributed by atoms with Gasteiger partial charge in [-0.15, -0.1) is 0 Å². The summed E-state index contributed by atoms with van der Waals surface area (Å²) in [5, 5.41) is 10.3. The second-order valence-electron chi connectivity index (χ2n) is 7.57. The highest BCUT2D eigenvalue weighted by atomic mass is 16.1. The van der Waals surface area contributed by atoms with Gasteiger partial charge in [-0.1, -0.05) is 12.1 Å². The molecule has 6 heteroatoms. The fourth-order valence-corrected chi connectivity index (χ4v) is 4.42. The smallest absolute Gasteiger partial charge is 0.251 e. The number of nitrogens with zero attached hydrogens (tertiary/aromatic N) is 2. The molecule has 3 aromatic rings. The minimum absolute atomic E-state index is 0.0835. The normalized spacial score (nSPS) is 22.3. The van der Waals surface area contributed by atoms with Crippen LogP contribution in [0.5, 0.6) is 0 Å². The molecule has 29 heavy (non-hydrogen) atoms. The van der Waals surface area contributed by atoms with E-state index in [-0.39, 0.29) is 18.0 Å². The maximum atomic E-state index is 12.7. The first-order chi connectivity index (χ1) is 14.3. The molecule has 1 saturated heterocycles. The van der Waals surface area contributed by atoms with Crippen LogP contribution in [0.3, 0.4) is 0 Å². The first-order valence-electron chi connectivity index (χ1n) is 10.0. The van der Waals surface area contributed by atoms with Crippen LogP contribution in [0.25, 0.3) is 0 Å². The summed E-state index contributed by atoms with van der Waals surface area (Å²) in [5.74, 6) is 0.323. The summed E-state index contributed by atoms with van der Waals surface area (Å²) in [4.78, 5) is 21.5. The summed E-state index contributed by atoms with van der Waals surface area (Å²) >= 11 is 0. The van der Waals surface area contributed by atoms with E-state index in [1.54, 1.807) is 6.20 Å². The van der Waals surface area contributed by atoms with Gasteiger partial charge in [-0.2, -0.15) is 0 Å². The predicted octanol–water partition coefficient (Wildman–Crippen LogP) is 3.22. The molecule has 1 amide bonds. The maximum absolute atomic E-state index is 12.7. The highest BCUT2D eigenvalue weighted by Gasteiger charge is 2.40. The fraction of sp³-hybridized carbons (Fsp3) is 0.261. The van der Waals surface area contributed by atoms with E-state index < -0.39 is 0 Å². The Balaban J connectivity index is 1.39. The molecule has 2 aromatic heterocycles. The highest BCUT2D eigenvalue weighted by Crippen LogP contribution is 2.46. The van der Waals surface area contributed by atoms with Crippen molar-refractivity contribution in [2.24, 2.45) is 5.92 Å². The van der Waals surface area contributed by atoms with Gasteiger partial charge in [-0.05, 0) is 61.0 Å². The zero-order chi connectivity index (χ0) is 19.6. The number of rotatable bonds is 4. The van der Waals surface area contributed by atoms with Crippen LogP contribution in [0.4, 0.5) is 5.69 Å². The van der Waals surface area contributed by atoms with Crippen molar-refractivity contribution in [3.8, 4) is 0 Å². The van der Waals surface area contributed by atoms with Gasteiger partial charge in [0.15, 0.2) is 0 Å². The van der Waals surface area contributed by atoms with E-state index in [1.165, 1.54) is 0 Å². The second-order valence-corrected chi connectivity index (χ2v) is 7.57. The summed E-state index contributed by atoms with van der Waals surface area (Å²) in [6.07, 6.45) is 4.66. The Labute approximate surface area is 169 Å². The molecular weight excluding hydrogens is 362 g/mol. The van der Waals surface area contributed by atoms with E-state index in [9.17, 15) is 4.79 Å². The molecule has 0 radical (unpaired) electrons. The first-order valence-corrected chi connectivity index (χ1v) is 10.0. The topological polar surface area (TPSA) is 78.9 Å². The van der Waals surface area contributed by atoms with Crippen LogP contribution in [0.2, 0.25) is 0 Å². The third-order valence-electron chi connectivity index (χ3n) is 5.82. The standard InChI is InChI=1S/C23H23N5O/c29-23(27-14-16-5-1-3-10-24-16)15-7-8-19-18(13-15)21-17(9-12-26-21)22(28-19)20-6-2-4-11-25-20/h1-8,10-11,13,17,21-22,26,28H,9,12,14H2,(H,27,29)/t17-,21+,22?/m1/s1. The molecule has 0 bridgehead atoms. The Hall–Kier alpha value is -3.25. The lowest BCUT2D eigenvalue weighted by atomic mass is 9.81. The number of carbonyl (C=O) groups is 1. The van der Waals surface area contributed by atoms with Gasteiger partial charge in [0.05, 0.1) is 24.0 Å². The SMILES string of the molecule is O=C(NCc1ccccn1)c1ccc2c(c1)[C@H]1NCC[C@H]1C(c1ccccn1)N2. The van der Waals surface area contributed by atoms with Crippen molar-refractivity contribution < 1.29 is 4.79 Å².